The second kappa shape index (κ2) is 7.49. The Morgan fingerprint density at radius 2 is 1.79 bits per heavy atom. The highest BCUT2D eigenvalue weighted by Crippen LogP contribution is 2.53. The molecule has 7 nitrogen and oxygen atoms in total. The molecule has 0 spiro atoms. The van der Waals surface area contributed by atoms with Crippen molar-refractivity contribution < 1.29 is 0 Å². The van der Waals surface area contributed by atoms with Crippen LogP contribution in [0.5, 0.6) is 0 Å². The van der Waals surface area contributed by atoms with E-state index in [4.69, 9.17) is 52.3 Å². The number of rotatable bonds is 2. The molecule has 3 aromatic rings. The second-order valence-electron chi connectivity index (χ2n) is 8.90. The Kier molecular flexibility index (Phi) is 5.02. The van der Waals surface area contributed by atoms with Crippen molar-refractivity contribution in [2.24, 2.45) is 0 Å². The SMILES string of the molecule is [B]C1([B])N(c2cnc3c(c2)CN(c2ncc(C#N)cc2C)CC3)c2ccnn2C([B])([B])C1([B])[B]. The van der Waals surface area contributed by atoms with Gasteiger partial charge in [0.2, 0.25) is 0 Å². The maximum atomic E-state index is 9.14. The number of pyridine rings is 2. The summed E-state index contributed by atoms with van der Waals surface area (Å²) in [5.41, 5.74) is 3.93. The van der Waals surface area contributed by atoms with Crippen molar-refractivity contribution in [2.75, 3.05) is 16.3 Å². The van der Waals surface area contributed by atoms with Gasteiger partial charge < -0.3 is 9.80 Å². The van der Waals surface area contributed by atoms with Gasteiger partial charge in [-0.2, -0.15) is 10.4 Å². The number of nitriles is 1. The van der Waals surface area contributed by atoms with Crippen LogP contribution in [0.4, 0.5) is 17.3 Å². The van der Waals surface area contributed by atoms with Crippen LogP contribution in [0.2, 0.25) is 5.21 Å². The first-order valence-corrected chi connectivity index (χ1v) is 10.7. The molecule has 0 saturated carbocycles. The zero-order valence-electron chi connectivity index (χ0n) is 18.7. The third-order valence-electron chi connectivity index (χ3n) is 6.66. The van der Waals surface area contributed by atoms with Crippen molar-refractivity contribution in [2.45, 2.75) is 35.8 Å². The summed E-state index contributed by atoms with van der Waals surface area (Å²) in [6, 6.07) is 7.56. The Bertz CT molecular complexity index is 1330. The summed E-state index contributed by atoms with van der Waals surface area (Å²) in [4.78, 5) is 12.9. The number of fused-ring (bicyclic) bond motifs is 2. The van der Waals surface area contributed by atoms with Crippen LogP contribution in [-0.4, -0.2) is 78.7 Å². The molecule has 12 radical (unpaired) electrons. The number of nitrogens with zero attached hydrogens (tertiary/aromatic N) is 7. The summed E-state index contributed by atoms with van der Waals surface area (Å²) in [5, 5.41) is 7.66. The van der Waals surface area contributed by atoms with E-state index in [9.17, 15) is 0 Å². The Hall–Kier alpha value is -3.01. The average Bonchev–Trinajstić information content (AvgIpc) is 3.27. The summed E-state index contributed by atoms with van der Waals surface area (Å²) in [7, 11) is 38.2. The zero-order chi connectivity index (χ0) is 24.5. The van der Waals surface area contributed by atoms with Gasteiger partial charge in [0.15, 0.2) is 0 Å². The first-order valence-electron chi connectivity index (χ1n) is 10.7. The molecule has 0 unspecified atom stereocenters. The molecule has 0 atom stereocenters. The standard InChI is InChI=1S/C21H15B6N7/c1-12-6-13(8-28)9-30-18(12)32-5-3-16-14(11-32)7-15(10-29-16)33-17-2-4-31-34(17)21(26,27)19(22,23)20(33,24)25/h2,4,6-7,9-10H,3,5,11H2,1H3. The quantitative estimate of drug-likeness (QED) is 0.532. The van der Waals surface area contributed by atoms with Crippen molar-refractivity contribution >= 4 is 64.4 Å². The molecule has 13 heteroatoms. The highest BCUT2D eigenvalue weighted by Gasteiger charge is 2.54. The van der Waals surface area contributed by atoms with E-state index in [1.54, 1.807) is 23.4 Å². The van der Waals surface area contributed by atoms with Gasteiger partial charge in [0.1, 0.15) is 17.7 Å². The first-order chi connectivity index (χ1) is 16.0. The maximum Gasteiger partial charge on any atom is 0.131 e. The summed E-state index contributed by atoms with van der Waals surface area (Å²) in [6.07, 6.45) is 5.48. The largest absolute Gasteiger partial charge is 0.352 e. The van der Waals surface area contributed by atoms with Gasteiger partial charge in [0.05, 0.1) is 70.7 Å². The molecule has 5 heterocycles. The third kappa shape index (κ3) is 3.07. The van der Waals surface area contributed by atoms with Gasteiger partial charge in [-0.25, -0.2) is 4.98 Å². The fourth-order valence-electron chi connectivity index (χ4n) is 4.64. The molecular weight excluding hydrogens is 415 g/mol. The van der Waals surface area contributed by atoms with E-state index in [0.717, 1.165) is 35.6 Å². The summed E-state index contributed by atoms with van der Waals surface area (Å²) in [5.74, 6) is 1.25. The minimum atomic E-state index is -1.97. The van der Waals surface area contributed by atoms with E-state index in [1.807, 2.05) is 19.1 Å². The molecule has 5 rings (SSSR count). The average molecular weight is 430 g/mol. The van der Waals surface area contributed by atoms with Gasteiger partial charge >= 0.3 is 0 Å². The van der Waals surface area contributed by atoms with Crippen molar-refractivity contribution in [3.63, 3.8) is 0 Å². The van der Waals surface area contributed by atoms with Crippen molar-refractivity contribution in [3.8, 4) is 6.07 Å². The normalized spacial score (nSPS) is 19.6. The third-order valence-corrected chi connectivity index (χ3v) is 6.66. The lowest BCUT2D eigenvalue weighted by Gasteiger charge is -2.64. The Labute approximate surface area is 206 Å². The maximum absolute atomic E-state index is 9.14. The predicted molar refractivity (Wildman–Crippen MR) is 135 cm³/mol. The van der Waals surface area contributed by atoms with Gasteiger partial charge in [-0.3, -0.25) is 9.67 Å². The van der Waals surface area contributed by atoms with Gasteiger partial charge in [-0.1, -0.05) is 5.21 Å². The minimum absolute atomic E-state index is 0.431. The fraction of sp³-hybridized carbons (Fsp3) is 0.333. The molecular formula is C21H15B6N7. The minimum Gasteiger partial charge on any atom is -0.352 e. The van der Waals surface area contributed by atoms with Gasteiger partial charge in [0, 0.05) is 37.5 Å². The van der Waals surface area contributed by atoms with E-state index in [2.05, 4.69) is 26.0 Å². The molecule has 3 aromatic heterocycles. The molecule has 0 amide bonds. The van der Waals surface area contributed by atoms with Crippen molar-refractivity contribution in [1.82, 2.24) is 19.7 Å². The monoisotopic (exact) mass is 431 g/mol. The number of aryl methyl sites for hydroxylation is 1. The molecule has 0 aromatic carbocycles. The van der Waals surface area contributed by atoms with E-state index in [0.29, 0.717) is 23.6 Å². The smallest absolute Gasteiger partial charge is 0.131 e. The van der Waals surface area contributed by atoms with Gasteiger partial charge in [-0.15, -0.1) is 0 Å². The van der Waals surface area contributed by atoms with E-state index in [1.165, 1.54) is 10.9 Å². The molecule has 0 N–H and O–H groups in total. The number of anilines is 3. The lowest BCUT2D eigenvalue weighted by molar-refractivity contribution is 0.394. The Morgan fingerprint density at radius 1 is 1.03 bits per heavy atom. The molecule has 2 aliphatic heterocycles. The fourth-order valence-corrected chi connectivity index (χ4v) is 4.64. The number of aromatic nitrogens is 4. The van der Waals surface area contributed by atoms with Crippen LogP contribution in [-0.2, 0) is 18.3 Å². The molecule has 0 saturated heterocycles. The molecule has 2 aliphatic rings. The topological polar surface area (TPSA) is 73.9 Å². The molecule has 152 valence electrons. The summed E-state index contributed by atoms with van der Waals surface area (Å²) < 4.78 is 1.31. The lowest BCUT2D eigenvalue weighted by Crippen LogP contribution is -2.70. The van der Waals surface area contributed by atoms with Crippen LogP contribution in [0.25, 0.3) is 0 Å². The van der Waals surface area contributed by atoms with E-state index in [-0.39, 0.29) is 0 Å². The van der Waals surface area contributed by atoms with Crippen LogP contribution >= 0.6 is 0 Å². The Morgan fingerprint density at radius 3 is 2.50 bits per heavy atom. The zero-order valence-corrected chi connectivity index (χ0v) is 18.7. The van der Waals surface area contributed by atoms with Crippen LogP contribution in [0, 0.1) is 18.3 Å². The van der Waals surface area contributed by atoms with Crippen molar-refractivity contribution in [1.29, 1.82) is 5.26 Å². The van der Waals surface area contributed by atoms with Crippen LogP contribution in [0.15, 0.2) is 36.8 Å². The molecule has 0 bridgehead atoms. The highest BCUT2D eigenvalue weighted by atomic mass is 15.4. The van der Waals surface area contributed by atoms with Gasteiger partial charge in [-0.05, 0) is 40.9 Å². The summed E-state index contributed by atoms with van der Waals surface area (Å²) >= 11 is 0. The van der Waals surface area contributed by atoms with Crippen molar-refractivity contribution in [3.05, 3.63) is 59.2 Å². The predicted octanol–water partition coefficient (Wildman–Crippen LogP) is -0.0411. The summed E-state index contributed by atoms with van der Waals surface area (Å²) in [6.45, 7) is 3.23. The highest BCUT2D eigenvalue weighted by molar-refractivity contribution is 6.62. The Balaban J connectivity index is 1.56. The lowest BCUT2D eigenvalue weighted by atomic mass is 9.21. The molecule has 0 fully saturated rings. The molecule has 34 heavy (non-hydrogen) atoms. The number of hydrogen-bond donors (Lipinski definition) is 0. The number of hydrogen-bond acceptors (Lipinski definition) is 6. The van der Waals surface area contributed by atoms with E-state index < -0.39 is 15.9 Å². The first kappa shape index (κ1) is 22.8. The van der Waals surface area contributed by atoms with Gasteiger partial charge in [0.25, 0.3) is 0 Å². The molecule has 0 aliphatic carbocycles. The second-order valence-corrected chi connectivity index (χ2v) is 8.90. The van der Waals surface area contributed by atoms with E-state index >= 15 is 0 Å². The van der Waals surface area contributed by atoms with Crippen LogP contribution in [0.3, 0.4) is 0 Å². The van der Waals surface area contributed by atoms with Crippen LogP contribution in [0.1, 0.15) is 22.4 Å². The van der Waals surface area contributed by atoms with Crippen LogP contribution < -0.4 is 9.80 Å².